The van der Waals surface area contributed by atoms with Gasteiger partial charge in [-0.2, -0.15) is 8.42 Å². The molecule has 0 amide bonds. The third-order valence-corrected chi connectivity index (χ3v) is 7.66. The highest BCUT2D eigenvalue weighted by Crippen LogP contribution is 2.22. The Labute approximate surface area is 150 Å². The van der Waals surface area contributed by atoms with Crippen molar-refractivity contribution in [2.45, 2.75) is 42.9 Å². The number of rotatable bonds is 7. The highest BCUT2D eigenvalue weighted by molar-refractivity contribution is 8.05. The lowest BCUT2D eigenvalue weighted by molar-refractivity contribution is 0.598. The van der Waals surface area contributed by atoms with E-state index in [4.69, 9.17) is 0 Å². The smallest absolute Gasteiger partial charge is 0.239 e. The van der Waals surface area contributed by atoms with E-state index in [2.05, 4.69) is 10.7 Å². The molecule has 25 heavy (non-hydrogen) atoms. The van der Waals surface area contributed by atoms with Gasteiger partial charge in [0.2, 0.25) is 0 Å². The molecule has 2 aromatic rings. The summed E-state index contributed by atoms with van der Waals surface area (Å²) in [5.41, 5.74) is 0.946. The van der Waals surface area contributed by atoms with Crippen LogP contribution in [-0.2, 0) is 19.8 Å². The van der Waals surface area contributed by atoms with Crippen molar-refractivity contribution in [3.8, 4) is 0 Å². The van der Waals surface area contributed by atoms with E-state index in [1.165, 1.54) is 17.5 Å². The van der Waals surface area contributed by atoms with Crippen molar-refractivity contribution in [3.05, 3.63) is 71.6 Å². The molecule has 0 aromatic heterocycles. The first-order valence-electron chi connectivity index (χ1n) is 8.19. The van der Waals surface area contributed by atoms with Gasteiger partial charge in [-0.1, -0.05) is 65.5 Å². The van der Waals surface area contributed by atoms with E-state index in [0.29, 0.717) is 4.90 Å². The molecule has 0 aliphatic rings. The molecule has 4 nitrogen and oxygen atoms in total. The van der Waals surface area contributed by atoms with E-state index in [-0.39, 0.29) is 4.90 Å². The van der Waals surface area contributed by atoms with Gasteiger partial charge in [0.1, 0.15) is 9.73 Å². The Balaban J connectivity index is 2.54. The zero-order valence-electron chi connectivity index (χ0n) is 14.5. The number of unbranched alkanes of at least 4 members (excludes halogenated alkanes) is 2. The predicted octanol–water partition coefficient (Wildman–Crippen LogP) is 4.91. The average Bonchev–Trinajstić information content (AvgIpc) is 2.59. The topological polar surface area (TPSA) is 63.6 Å². The van der Waals surface area contributed by atoms with Gasteiger partial charge in [-0.25, -0.2) is 4.21 Å². The van der Waals surface area contributed by atoms with E-state index in [1.807, 2.05) is 6.92 Å². The van der Waals surface area contributed by atoms with Crippen LogP contribution in [-0.4, -0.2) is 12.6 Å². The Kier molecular flexibility index (Phi) is 6.56. The summed E-state index contributed by atoms with van der Waals surface area (Å²) in [6.07, 6.45) is 4.45. The summed E-state index contributed by atoms with van der Waals surface area (Å²) >= 11 is 0. The number of benzene rings is 2. The molecule has 2 aromatic carbocycles. The maximum Gasteiger partial charge on any atom is 0.290 e. The van der Waals surface area contributed by atoms with Crippen LogP contribution in [0.5, 0.6) is 0 Å². The summed E-state index contributed by atoms with van der Waals surface area (Å²) in [7, 11) is -7.23. The highest BCUT2D eigenvalue weighted by atomic mass is 32.3. The molecule has 0 saturated heterocycles. The van der Waals surface area contributed by atoms with Gasteiger partial charge in [0.05, 0.1) is 9.79 Å². The van der Waals surface area contributed by atoms with Crippen molar-refractivity contribution in [1.82, 2.24) is 0 Å². The van der Waals surface area contributed by atoms with Gasteiger partial charge in [-0.15, -0.1) is 0 Å². The fraction of sp³-hybridized carbons (Fsp3) is 0.263. The van der Waals surface area contributed by atoms with E-state index in [1.54, 1.807) is 48.5 Å². The van der Waals surface area contributed by atoms with Gasteiger partial charge in [0.25, 0.3) is 10.0 Å². The van der Waals surface area contributed by atoms with Crippen LogP contribution in [0.1, 0.15) is 31.7 Å². The molecule has 6 heteroatoms. The van der Waals surface area contributed by atoms with Crippen LogP contribution in [0.3, 0.4) is 0 Å². The van der Waals surface area contributed by atoms with Crippen LogP contribution in [0, 0.1) is 6.92 Å². The molecule has 0 spiro atoms. The lowest BCUT2D eigenvalue weighted by Gasteiger charge is -2.07. The fourth-order valence-electron chi connectivity index (χ4n) is 2.18. The molecule has 0 heterocycles. The Hall–Kier alpha value is -1.92. The summed E-state index contributed by atoms with van der Waals surface area (Å²) in [6.45, 7) is 3.94. The SMILES string of the molecule is CCCC/C=C/[S@@](=O)(=NS(=O)(=O)c1ccc(C)cc1)c1ccccc1. The summed E-state index contributed by atoms with van der Waals surface area (Å²) in [5.74, 6) is 0. The van der Waals surface area contributed by atoms with Gasteiger partial charge in [0.15, 0.2) is 0 Å². The first kappa shape index (κ1) is 19.4. The minimum absolute atomic E-state index is 0.0451. The third kappa shape index (κ3) is 5.28. The van der Waals surface area contributed by atoms with Crippen molar-refractivity contribution < 1.29 is 12.6 Å². The van der Waals surface area contributed by atoms with Crippen molar-refractivity contribution in [2.75, 3.05) is 0 Å². The van der Waals surface area contributed by atoms with Gasteiger partial charge >= 0.3 is 0 Å². The monoisotopic (exact) mass is 377 g/mol. The fourth-order valence-corrected chi connectivity index (χ4v) is 5.82. The summed E-state index contributed by atoms with van der Waals surface area (Å²) in [4.78, 5) is 0.433. The molecule has 134 valence electrons. The summed E-state index contributed by atoms with van der Waals surface area (Å²) < 4.78 is 42.5. The third-order valence-electron chi connectivity index (χ3n) is 3.61. The summed E-state index contributed by atoms with van der Waals surface area (Å²) in [6, 6.07) is 14.9. The molecule has 0 unspecified atom stereocenters. The van der Waals surface area contributed by atoms with E-state index >= 15 is 0 Å². The second-order valence-corrected chi connectivity index (χ2v) is 9.66. The van der Waals surface area contributed by atoms with Gasteiger partial charge in [0, 0.05) is 5.41 Å². The van der Waals surface area contributed by atoms with Crippen LogP contribution < -0.4 is 0 Å². The number of sulfonamides is 1. The predicted molar refractivity (Wildman–Crippen MR) is 102 cm³/mol. The molecule has 0 fully saturated rings. The Morgan fingerprint density at radius 2 is 1.56 bits per heavy atom. The maximum absolute atomic E-state index is 13.4. The molecule has 0 saturated carbocycles. The first-order chi connectivity index (χ1) is 11.9. The van der Waals surface area contributed by atoms with Crippen LogP contribution >= 0.6 is 0 Å². The minimum Gasteiger partial charge on any atom is -0.239 e. The summed E-state index contributed by atoms with van der Waals surface area (Å²) in [5, 5.41) is 1.43. The Morgan fingerprint density at radius 3 is 2.16 bits per heavy atom. The Bertz CT molecular complexity index is 938. The molecule has 1 atom stereocenters. The lowest BCUT2D eigenvalue weighted by Crippen LogP contribution is -2.04. The van der Waals surface area contributed by atoms with Crippen molar-refractivity contribution in [2.24, 2.45) is 3.77 Å². The number of allylic oxidation sites excluding steroid dienone is 1. The minimum atomic E-state index is -4.03. The average molecular weight is 378 g/mol. The molecule has 2 rings (SSSR count). The van der Waals surface area contributed by atoms with E-state index in [9.17, 15) is 12.6 Å². The van der Waals surface area contributed by atoms with Gasteiger partial charge in [-0.05, 0) is 37.6 Å². The van der Waals surface area contributed by atoms with Crippen molar-refractivity contribution in [3.63, 3.8) is 0 Å². The lowest BCUT2D eigenvalue weighted by atomic mass is 10.2. The van der Waals surface area contributed by atoms with Crippen LogP contribution in [0.4, 0.5) is 0 Å². The second kappa shape index (κ2) is 8.45. The molecule has 0 radical (unpaired) electrons. The molecule has 0 aliphatic heterocycles. The highest BCUT2D eigenvalue weighted by Gasteiger charge is 2.18. The first-order valence-corrected chi connectivity index (χ1v) is 11.2. The van der Waals surface area contributed by atoms with Crippen molar-refractivity contribution >= 4 is 19.8 Å². The molecule has 0 N–H and O–H groups in total. The van der Waals surface area contributed by atoms with Crippen LogP contribution in [0.25, 0.3) is 0 Å². The number of hydrogen-bond acceptors (Lipinski definition) is 3. The number of hydrogen-bond donors (Lipinski definition) is 0. The Morgan fingerprint density at radius 1 is 0.920 bits per heavy atom. The van der Waals surface area contributed by atoms with Crippen LogP contribution in [0.2, 0.25) is 0 Å². The van der Waals surface area contributed by atoms with E-state index < -0.39 is 19.8 Å². The number of aryl methyl sites for hydroxylation is 1. The van der Waals surface area contributed by atoms with Gasteiger partial charge < -0.3 is 0 Å². The molecule has 0 aliphatic carbocycles. The normalized spacial score (nSPS) is 14.3. The number of nitrogens with zero attached hydrogens (tertiary/aromatic N) is 1. The van der Waals surface area contributed by atoms with Crippen LogP contribution in [0.15, 0.2) is 79.6 Å². The maximum atomic E-state index is 13.4. The molecule has 0 bridgehead atoms. The zero-order chi connectivity index (χ0) is 18.3. The standard InChI is InChI=1S/C19H23NO3S2/c1-3-4-5-9-16-24(21,18-10-7-6-8-11-18)20-25(22,23)19-14-12-17(2)13-15-19/h6-16H,3-5H2,1-2H3/b16-9+/t24-/m0/s1. The second-order valence-electron chi connectivity index (χ2n) is 5.76. The van der Waals surface area contributed by atoms with E-state index in [0.717, 1.165) is 24.8 Å². The molecular weight excluding hydrogens is 354 g/mol. The quantitative estimate of drug-likeness (QED) is 0.644. The zero-order valence-corrected chi connectivity index (χ0v) is 16.1. The van der Waals surface area contributed by atoms with Gasteiger partial charge in [-0.3, -0.25) is 0 Å². The molecular formula is C19H23NO3S2. The largest absolute Gasteiger partial charge is 0.290 e. The van der Waals surface area contributed by atoms with Crippen molar-refractivity contribution in [1.29, 1.82) is 0 Å².